The summed E-state index contributed by atoms with van der Waals surface area (Å²) in [5.74, 6) is 0.427. The molecule has 24 heavy (non-hydrogen) atoms. The lowest BCUT2D eigenvalue weighted by Gasteiger charge is -2.37. The minimum Gasteiger partial charge on any atom is -0.323 e. The molecule has 0 spiro atoms. The molecule has 2 N–H and O–H groups in total. The van der Waals surface area contributed by atoms with E-state index in [2.05, 4.69) is 28.2 Å². The Bertz CT molecular complexity index is 696. The molecule has 1 aromatic rings. The van der Waals surface area contributed by atoms with Crippen LogP contribution in [0.4, 0.5) is 11.4 Å². The summed E-state index contributed by atoms with van der Waals surface area (Å²) in [7, 11) is 0. The van der Waals surface area contributed by atoms with Gasteiger partial charge in [0, 0.05) is 12.5 Å². The largest absolute Gasteiger partial charge is 0.323 e. The van der Waals surface area contributed by atoms with Crippen molar-refractivity contribution in [1.29, 1.82) is 0 Å². The van der Waals surface area contributed by atoms with Crippen LogP contribution in [0.1, 0.15) is 25.7 Å². The number of imide groups is 1. The molecule has 0 aliphatic carbocycles. The van der Waals surface area contributed by atoms with Gasteiger partial charge in [-0.05, 0) is 44.5 Å². The second-order valence-corrected chi connectivity index (χ2v) is 6.59. The van der Waals surface area contributed by atoms with Crippen molar-refractivity contribution in [2.75, 3.05) is 22.9 Å². The summed E-state index contributed by atoms with van der Waals surface area (Å²) in [6.07, 6.45) is 3.00. The van der Waals surface area contributed by atoms with Crippen LogP contribution in [0.3, 0.4) is 0 Å². The van der Waals surface area contributed by atoms with Gasteiger partial charge in [0.15, 0.2) is 0 Å². The normalized spacial score (nSPS) is 25.0. The van der Waals surface area contributed by atoms with Crippen LogP contribution < -0.4 is 20.4 Å². The van der Waals surface area contributed by atoms with Crippen LogP contribution in [-0.2, 0) is 9.59 Å². The summed E-state index contributed by atoms with van der Waals surface area (Å²) in [5, 5.41) is 5.85. The molecule has 2 saturated heterocycles. The molecule has 0 bridgehead atoms. The molecule has 1 unspecified atom stereocenters. The van der Waals surface area contributed by atoms with Crippen molar-refractivity contribution in [3.05, 3.63) is 36.7 Å². The van der Waals surface area contributed by atoms with E-state index in [1.165, 1.54) is 0 Å². The first-order chi connectivity index (χ1) is 11.7. The van der Waals surface area contributed by atoms with Crippen molar-refractivity contribution in [3.63, 3.8) is 0 Å². The number of hydrogen-bond donors (Lipinski definition) is 2. The van der Waals surface area contributed by atoms with Crippen LogP contribution in [0.5, 0.6) is 0 Å². The predicted molar refractivity (Wildman–Crippen MR) is 92.6 cm³/mol. The summed E-state index contributed by atoms with van der Waals surface area (Å²) < 4.78 is 0. The van der Waals surface area contributed by atoms with Crippen molar-refractivity contribution in [2.45, 2.75) is 37.8 Å². The van der Waals surface area contributed by atoms with Crippen LogP contribution in [0, 0.1) is 0 Å². The van der Waals surface area contributed by atoms with E-state index in [0.717, 1.165) is 43.1 Å². The summed E-state index contributed by atoms with van der Waals surface area (Å²) in [6, 6.07) is 8.14. The number of piperidine rings is 2. The topological polar surface area (TPSA) is 64.7 Å². The molecule has 0 aromatic heterocycles. The first-order valence-corrected chi connectivity index (χ1v) is 8.57. The number of nitrogens with zero attached hydrogens (tertiary/aromatic N) is 2. The number of para-hydroxylation sites is 2. The molecule has 3 aliphatic rings. The fraction of sp³-hybridized carbons (Fsp3) is 0.444. The fourth-order valence-corrected chi connectivity index (χ4v) is 4.01. The van der Waals surface area contributed by atoms with Crippen molar-refractivity contribution >= 4 is 23.2 Å². The van der Waals surface area contributed by atoms with E-state index >= 15 is 0 Å². The molecule has 4 rings (SSSR count). The van der Waals surface area contributed by atoms with Gasteiger partial charge in [-0.3, -0.25) is 14.9 Å². The van der Waals surface area contributed by atoms with E-state index in [9.17, 15) is 9.59 Å². The van der Waals surface area contributed by atoms with Crippen molar-refractivity contribution in [3.8, 4) is 0 Å². The summed E-state index contributed by atoms with van der Waals surface area (Å²) in [4.78, 5) is 28.2. The Kier molecular flexibility index (Phi) is 3.76. The Morgan fingerprint density at radius 2 is 1.67 bits per heavy atom. The zero-order valence-corrected chi connectivity index (χ0v) is 13.6. The summed E-state index contributed by atoms with van der Waals surface area (Å²) in [6.45, 7) is 6.29. The van der Waals surface area contributed by atoms with Gasteiger partial charge >= 0.3 is 0 Å². The predicted octanol–water partition coefficient (Wildman–Crippen LogP) is 1.34. The zero-order valence-electron chi connectivity index (χ0n) is 13.6. The molecule has 1 aromatic carbocycles. The lowest BCUT2D eigenvalue weighted by atomic mass is 10.0. The molecule has 1 atom stereocenters. The van der Waals surface area contributed by atoms with Crippen LogP contribution in [0.15, 0.2) is 36.7 Å². The Hall–Kier alpha value is -2.34. The van der Waals surface area contributed by atoms with Crippen molar-refractivity contribution in [1.82, 2.24) is 10.6 Å². The number of carbonyl (C=O) groups excluding carboxylic acids is 2. The average molecular weight is 326 g/mol. The standard InChI is InChI=1S/C18H22N4O2/c1-12-21(13-8-10-19-11-9-13)14-4-2-3-5-15(14)22(12)16-6-7-17(23)20-18(16)24/h2-5,13,16,19H,1,6-11H2,(H,20,23,24). The third-order valence-electron chi connectivity index (χ3n) is 5.15. The van der Waals surface area contributed by atoms with Crippen LogP contribution in [0.2, 0.25) is 0 Å². The smallest absolute Gasteiger partial charge is 0.249 e. The zero-order chi connectivity index (χ0) is 16.7. The van der Waals surface area contributed by atoms with Crippen molar-refractivity contribution < 1.29 is 9.59 Å². The average Bonchev–Trinajstić information content (AvgIpc) is 2.88. The fourth-order valence-electron chi connectivity index (χ4n) is 4.01. The number of anilines is 2. The molecule has 3 heterocycles. The number of nitrogens with one attached hydrogen (secondary N) is 2. The maximum absolute atomic E-state index is 12.4. The number of hydrogen-bond acceptors (Lipinski definition) is 5. The molecule has 6 nitrogen and oxygen atoms in total. The molecule has 2 amide bonds. The number of amides is 2. The Morgan fingerprint density at radius 1 is 1.00 bits per heavy atom. The third kappa shape index (κ3) is 2.38. The molecule has 2 fully saturated rings. The first kappa shape index (κ1) is 15.2. The van der Waals surface area contributed by atoms with E-state index in [0.29, 0.717) is 18.9 Å². The Balaban J connectivity index is 1.69. The SMILES string of the molecule is C=C1N(C2CCNCC2)c2ccccc2N1C1CCC(=O)NC1=O. The van der Waals surface area contributed by atoms with E-state index in [1.54, 1.807) is 0 Å². The third-order valence-corrected chi connectivity index (χ3v) is 5.15. The Morgan fingerprint density at radius 3 is 2.33 bits per heavy atom. The van der Waals surface area contributed by atoms with E-state index in [-0.39, 0.29) is 17.9 Å². The Labute approximate surface area is 141 Å². The highest BCUT2D eigenvalue weighted by atomic mass is 16.2. The molecular formula is C18H22N4O2. The number of fused-ring (bicyclic) bond motifs is 1. The van der Waals surface area contributed by atoms with Gasteiger partial charge in [0.1, 0.15) is 11.9 Å². The highest BCUT2D eigenvalue weighted by Gasteiger charge is 2.42. The van der Waals surface area contributed by atoms with E-state index in [1.807, 2.05) is 23.1 Å². The molecule has 3 aliphatic heterocycles. The highest BCUT2D eigenvalue weighted by Crippen LogP contribution is 2.45. The van der Waals surface area contributed by atoms with Gasteiger partial charge in [-0.2, -0.15) is 0 Å². The second kappa shape index (κ2) is 5.94. The van der Waals surface area contributed by atoms with Crippen LogP contribution >= 0.6 is 0 Å². The van der Waals surface area contributed by atoms with Gasteiger partial charge in [-0.25, -0.2) is 0 Å². The summed E-state index contributed by atoms with van der Waals surface area (Å²) in [5.41, 5.74) is 2.12. The van der Waals surface area contributed by atoms with Crippen LogP contribution in [-0.4, -0.2) is 37.0 Å². The maximum atomic E-state index is 12.4. The van der Waals surface area contributed by atoms with Gasteiger partial charge in [-0.1, -0.05) is 18.7 Å². The second-order valence-electron chi connectivity index (χ2n) is 6.59. The van der Waals surface area contributed by atoms with Gasteiger partial charge < -0.3 is 15.1 Å². The van der Waals surface area contributed by atoms with Gasteiger partial charge in [0.05, 0.1) is 11.4 Å². The molecule has 0 radical (unpaired) electrons. The number of benzene rings is 1. The molecule has 126 valence electrons. The van der Waals surface area contributed by atoms with E-state index < -0.39 is 0 Å². The molecule has 0 saturated carbocycles. The van der Waals surface area contributed by atoms with E-state index in [4.69, 9.17) is 0 Å². The molecular weight excluding hydrogens is 304 g/mol. The number of carbonyl (C=O) groups is 2. The van der Waals surface area contributed by atoms with Crippen molar-refractivity contribution in [2.24, 2.45) is 0 Å². The summed E-state index contributed by atoms with van der Waals surface area (Å²) >= 11 is 0. The quantitative estimate of drug-likeness (QED) is 0.803. The minimum absolute atomic E-state index is 0.190. The van der Waals surface area contributed by atoms with Gasteiger partial charge in [0.2, 0.25) is 11.8 Å². The minimum atomic E-state index is -0.372. The van der Waals surface area contributed by atoms with Gasteiger partial charge in [0.25, 0.3) is 0 Å². The lowest BCUT2D eigenvalue weighted by molar-refractivity contribution is -0.134. The lowest BCUT2D eigenvalue weighted by Crippen LogP contribution is -2.53. The number of rotatable bonds is 2. The van der Waals surface area contributed by atoms with Gasteiger partial charge in [-0.15, -0.1) is 0 Å². The highest BCUT2D eigenvalue weighted by molar-refractivity contribution is 6.03. The monoisotopic (exact) mass is 326 g/mol. The first-order valence-electron chi connectivity index (χ1n) is 8.57. The maximum Gasteiger partial charge on any atom is 0.249 e. The van der Waals surface area contributed by atoms with Crippen LogP contribution in [0.25, 0.3) is 0 Å². The molecule has 6 heteroatoms.